The molecule has 0 aliphatic heterocycles. The van der Waals surface area contributed by atoms with E-state index in [2.05, 4.69) is 19.2 Å². The lowest BCUT2D eigenvalue weighted by atomic mass is 10.0. The second-order valence-electron chi connectivity index (χ2n) is 6.07. The number of unbranched alkanes of at least 4 members (excludes halogenated alkanes) is 5. The smallest absolute Gasteiger partial charge is 0.305 e. The summed E-state index contributed by atoms with van der Waals surface area (Å²) in [6, 6.07) is 0.318. The molecule has 0 saturated heterocycles. The molecular formula is C18H35NO3. The maximum Gasteiger partial charge on any atom is 0.305 e. The molecule has 0 fully saturated rings. The lowest BCUT2D eigenvalue weighted by Gasteiger charge is -2.16. The fraction of sp³-hybridized carbons (Fsp3) is 0.889. The summed E-state index contributed by atoms with van der Waals surface area (Å²) in [7, 11) is 0. The van der Waals surface area contributed by atoms with Gasteiger partial charge in [-0.25, -0.2) is 0 Å². The van der Waals surface area contributed by atoms with Crippen molar-refractivity contribution in [2.45, 2.75) is 97.4 Å². The van der Waals surface area contributed by atoms with Gasteiger partial charge in [0, 0.05) is 19.4 Å². The number of esters is 1. The number of carbonyl (C=O) groups is 2. The molecule has 0 radical (unpaired) electrons. The van der Waals surface area contributed by atoms with Crippen molar-refractivity contribution in [2.75, 3.05) is 6.61 Å². The van der Waals surface area contributed by atoms with Crippen LogP contribution in [-0.4, -0.2) is 24.5 Å². The van der Waals surface area contributed by atoms with Gasteiger partial charge in [-0.2, -0.15) is 0 Å². The average molecular weight is 313 g/mol. The van der Waals surface area contributed by atoms with Gasteiger partial charge in [0.2, 0.25) is 5.91 Å². The quantitative estimate of drug-likeness (QED) is 0.383. The van der Waals surface area contributed by atoms with Gasteiger partial charge in [-0.15, -0.1) is 0 Å². The lowest BCUT2D eigenvalue weighted by molar-refractivity contribution is -0.143. The van der Waals surface area contributed by atoms with Crippen LogP contribution in [0, 0.1) is 0 Å². The first-order valence-corrected chi connectivity index (χ1v) is 9.02. The fourth-order valence-corrected chi connectivity index (χ4v) is 2.55. The van der Waals surface area contributed by atoms with Crippen molar-refractivity contribution in [3.8, 4) is 0 Å². The van der Waals surface area contributed by atoms with Gasteiger partial charge in [-0.05, 0) is 25.7 Å². The Morgan fingerprint density at radius 3 is 2.27 bits per heavy atom. The van der Waals surface area contributed by atoms with Crippen LogP contribution in [0.15, 0.2) is 0 Å². The normalized spacial score (nSPS) is 12.0. The van der Waals surface area contributed by atoms with Crippen LogP contribution >= 0.6 is 0 Å². The van der Waals surface area contributed by atoms with Gasteiger partial charge in [0.25, 0.3) is 0 Å². The summed E-state index contributed by atoms with van der Waals surface area (Å²) in [5.41, 5.74) is 0. The molecule has 1 atom stereocenters. The van der Waals surface area contributed by atoms with Crippen LogP contribution in [0.2, 0.25) is 0 Å². The highest BCUT2D eigenvalue weighted by Crippen LogP contribution is 2.10. The summed E-state index contributed by atoms with van der Waals surface area (Å²) in [5.74, 6) is 0.00977. The van der Waals surface area contributed by atoms with Gasteiger partial charge < -0.3 is 10.1 Å². The zero-order valence-corrected chi connectivity index (χ0v) is 14.8. The monoisotopic (exact) mass is 313 g/mol. The van der Waals surface area contributed by atoms with Gasteiger partial charge >= 0.3 is 5.97 Å². The van der Waals surface area contributed by atoms with Crippen LogP contribution in [-0.2, 0) is 14.3 Å². The minimum atomic E-state index is -0.0536. The SMILES string of the molecule is CCCCCC(=O)OCCCCCCC(CCC)NC(C)=O. The Balaban J connectivity index is 3.47. The van der Waals surface area contributed by atoms with Crippen molar-refractivity contribution in [3.63, 3.8) is 0 Å². The van der Waals surface area contributed by atoms with Crippen LogP contribution in [0.5, 0.6) is 0 Å². The zero-order valence-electron chi connectivity index (χ0n) is 14.8. The Kier molecular flexibility index (Phi) is 14.1. The number of ether oxygens (including phenoxy) is 1. The van der Waals surface area contributed by atoms with Crippen LogP contribution in [0.25, 0.3) is 0 Å². The molecule has 22 heavy (non-hydrogen) atoms. The van der Waals surface area contributed by atoms with Crippen molar-refractivity contribution in [2.24, 2.45) is 0 Å². The first-order chi connectivity index (χ1) is 10.6. The van der Waals surface area contributed by atoms with Crippen molar-refractivity contribution in [1.29, 1.82) is 0 Å². The zero-order chi connectivity index (χ0) is 16.6. The highest BCUT2D eigenvalue weighted by atomic mass is 16.5. The molecule has 0 rings (SSSR count). The number of carbonyl (C=O) groups excluding carboxylic acids is 2. The molecule has 0 bridgehead atoms. The minimum Gasteiger partial charge on any atom is -0.466 e. The molecule has 0 aliphatic carbocycles. The predicted molar refractivity (Wildman–Crippen MR) is 90.7 cm³/mol. The van der Waals surface area contributed by atoms with Crippen LogP contribution in [0.1, 0.15) is 91.4 Å². The molecule has 0 aromatic heterocycles. The predicted octanol–water partition coefficient (Wildman–Crippen LogP) is 4.37. The van der Waals surface area contributed by atoms with E-state index < -0.39 is 0 Å². The first-order valence-electron chi connectivity index (χ1n) is 9.02. The van der Waals surface area contributed by atoms with E-state index in [9.17, 15) is 9.59 Å². The summed E-state index contributed by atoms with van der Waals surface area (Å²) in [5, 5.41) is 3.01. The van der Waals surface area contributed by atoms with E-state index in [0.29, 0.717) is 19.1 Å². The van der Waals surface area contributed by atoms with E-state index in [1.54, 1.807) is 6.92 Å². The number of rotatable bonds is 14. The number of nitrogens with one attached hydrogen (secondary N) is 1. The summed E-state index contributed by atoms with van der Waals surface area (Å²) in [6.07, 6.45) is 11.2. The second-order valence-corrected chi connectivity index (χ2v) is 6.07. The maximum absolute atomic E-state index is 11.4. The molecule has 0 heterocycles. The van der Waals surface area contributed by atoms with Crippen molar-refractivity contribution < 1.29 is 14.3 Å². The Morgan fingerprint density at radius 1 is 0.909 bits per heavy atom. The van der Waals surface area contributed by atoms with E-state index in [-0.39, 0.29) is 11.9 Å². The Hall–Kier alpha value is -1.06. The molecule has 0 aromatic rings. The van der Waals surface area contributed by atoms with Crippen molar-refractivity contribution >= 4 is 11.9 Å². The maximum atomic E-state index is 11.4. The van der Waals surface area contributed by atoms with Crippen molar-refractivity contribution in [1.82, 2.24) is 5.32 Å². The van der Waals surface area contributed by atoms with Gasteiger partial charge in [-0.1, -0.05) is 52.4 Å². The van der Waals surface area contributed by atoms with Gasteiger partial charge in [0.1, 0.15) is 0 Å². The lowest BCUT2D eigenvalue weighted by Crippen LogP contribution is -2.32. The summed E-state index contributed by atoms with van der Waals surface area (Å²) in [6.45, 7) is 6.40. The van der Waals surface area contributed by atoms with Gasteiger partial charge in [0.15, 0.2) is 0 Å². The molecular weight excluding hydrogens is 278 g/mol. The summed E-state index contributed by atoms with van der Waals surface area (Å²) in [4.78, 5) is 22.5. The number of amides is 1. The summed E-state index contributed by atoms with van der Waals surface area (Å²) < 4.78 is 5.21. The number of hydrogen-bond acceptors (Lipinski definition) is 3. The van der Waals surface area contributed by atoms with Crippen LogP contribution in [0.3, 0.4) is 0 Å². The summed E-state index contributed by atoms with van der Waals surface area (Å²) >= 11 is 0. The molecule has 0 saturated carbocycles. The average Bonchev–Trinajstić information content (AvgIpc) is 2.46. The molecule has 1 amide bonds. The highest BCUT2D eigenvalue weighted by Gasteiger charge is 2.08. The van der Waals surface area contributed by atoms with Crippen LogP contribution in [0.4, 0.5) is 0 Å². The van der Waals surface area contributed by atoms with Gasteiger partial charge in [-0.3, -0.25) is 9.59 Å². The largest absolute Gasteiger partial charge is 0.466 e. The molecule has 4 heteroatoms. The molecule has 0 aromatic carbocycles. The molecule has 1 N–H and O–H groups in total. The molecule has 130 valence electrons. The van der Waals surface area contributed by atoms with E-state index in [1.165, 1.54) is 0 Å². The molecule has 0 aliphatic rings. The second kappa shape index (κ2) is 14.9. The van der Waals surface area contributed by atoms with E-state index in [1.807, 2.05) is 0 Å². The topological polar surface area (TPSA) is 55.4 Å². The Bertz CT molecular complexity index is 292. The fourth-order valence-electron chi connectivity index (χ4n) is 2.55. The molecule has 1 unspecified atom stereocenters. The highest BCUT2D eigenvalue weighted by molar-refractivity contribution is 5.73. The third kappa shape index (κ3) is 13.9. The standard InChI is InChI=1S/C18H35NO3/c1-4-6-9-14-18(21)22-15-11-8-7-10-13-17(12-5-2)19-16(3)20/h17H,4-15H2,1-3H3,(H,19,20). The molecule has 0 spiro atoms. The third-order valence-electron chi connectivity index (χ3n) is 3.74. The minimum absolute atomic E-state index is 0.0536. The van der Waals surface area contributed by atoms with E-state index in [0.717, 1.165) is 64.2 Å². The van der Waals surface area contributed by atoms with Gasteiger partial charge in [0.05, 0.1) is 6.61 Å². The number of hydrogen-bond donors (Lipinski definition) is 1. The van der Waals surface area contributed by atoms with E-state index >= 15 is 0 Å². The third-order valence-corrected chi connectivity index (χ3v) is 3.74. The van der Waals surface area contributed by atoms with Crippen LogP contribution < -0.4 is 5.32 Å². The Morgan fingerprint density at radius 2 is 1.64 bits per heavy atom. The Labute approximate surface area is 136 Å². The van der Waals surface area contributed by atoms with Crippen molar-refractivity contribution in [3.05, 3.63) is 0 Å². The first kappa shape index (κ1) is 20.9. The van der Waals surface area contributed by atoms with E-state index in [4.69, 9.17) is 4.74 Å². The molecule has 4 nitrogen and oxygen atoms in total.